The summed E-state index contributed by atoms with van der Waals surface area (Å²) in [5.41, 5.74) is -3.60. The van der Waals surface area contributed by atoms with Gasteiger partial charge in [0.1, 0.15) is 18.0 Å². The summed E-state index contributed by atoms with van der Waals surface area (Å²) in [5.74, 6) is -2.93. The molecule has 0 unspecified atom stereocenters. The van der Waals surface area contributed by atoms with E-state index in [1.165, 1.54) is 37.3 Å². The first kappa shape index (κ1) is 24.9. The van der Waals surface area contributed by atoms with Crippen molar-refractivity contribution in [1.82, 2.24) is 9.78 Å². The molecule has 0 saturated carbocycles. The summed E-state index contributed by atoms with van der Waals surface area (Å²) in [5, 5.41) is 31.9. The van der Waals surface area contributed by atoms with Crippen molar-refractivity contribution in [3.63, 3.8) is 0 Å². The molecule has 2 rings (SSSR count). The minimum Gasteiger partial charge on any atom is -0.506 e. The van der Waals surface area contributed by atoms with E-state index in [9.17, 15) is 32.6 Å². The molecule has 6 nitrogen and oxygen atoms in total. The third kappa shape index (κ3) is 5.25. The summed E-state index contributed by atoms with van der Waals surface area (Å²) < 4.78 is 54.4. The first-order chi connectivity index (χ1) is 15.1. The third-order valence-corrected chi connectivity index (χ3v) is 4.62. The number of aliphatic hydroxyl groups is 1. The van der Waals surface area contributed by atoms with Crippen LogP contribution in [0.3, 0.4) is 0 Å². The van der Waals surface area contributed by atoms with Gasteiger partial charge in [0.05, 0.1) is 23.2 Å². The van der Waals surface area contributed by atoms with Gasteiger partial charge in [-0.15, -0.1) is 11.6 Å². The third-order valence-electron chi connectivity index (χ3n) is 4.31. The molecule has 32 heavy (non-hydrogen) atoms. The molecule has 0 aliphatic heterocycles. The van der Waals surface area contributed by atoms with E-state index in [1.807, 2.05) is 0 Å². The molecule has 170 valence electrons. The number of hydrogen-bond donors (Lipinski definition) is 3. The number of rotatable bonds is 8. The number of carboxylic acid groups (broad SMARTS) is 1. The van der Waals surface area contributed by atoms with Crippen molar-refractivity contribution in [3.8, 4) is 0 Å². The van der Waals surface area contributed by atoms with Crippen LogP contribution in [0.5, 0.6) is 0 Å². The van der Waals surface area contributed by atoms with E-state index in [-0.39, 0.29) is 17.1 Å². The van der Waals surface area contributed by atoms with Crippen LogP contribution < -0.4 is 0 Å². The van der Waals surface area contributed by atoms with Crippen LogP contribution in [0.15, 0.2) is 54.3 Å². The Kier molecular flexibility index (Phi) is 7.98. The molecule has 0 spiro atoms. The number of benzene rings is 1. The molecule has 0 atom stereocenters. The molecule has 3 N–H and O–H groups in total. The highest BCUT2D eigenvalue weighted by Gasteiger charge is 2.41. The fourth-order valence-corrected chi connectivity index (χ4v) is 2.99. The smallest absolute Gasteiger partial charge is 0.434 e. The van der Waals surface area contributed by atoms with Crippen LogP contribution >= 0.6 is 11.6 Å². The molecular weight excluding hydrogens is 454 g/mol. The van der Waals surface area contributed by atoms with Gasteiger partial charge in [0.15, 0.2) is 5.69 Å². The van der Waals surface area contributed by atoms with Crippen LogP contribution in [0.25, 0.3) is 11.5 Å². The highest BCUT2D eigenvalue weighted by molar-refractivity contribution is 6.28. The van der Waals surface area contributed by atoms with Crippen molar-refractivity contribution < 1.29 is 32.6 Å². The number of carbonyl (C=O) groups is 1. The molecule has 0 fully saturated rings. The van der Waals surface area contributed by atoms with E-state index in [1.54, 1.807) is 0 Å². The maximum absolute atomic E-state index is 13.9. The molecule has 1 heterocycles. The molecule has 0 aliphatic carbocycles. The lowest BCUT2D eigenvalue weighted by atomic mass is 9.98. The lowest BCUT2D eigenvalue weighted by molar-refractivity contribution is -0.143. The molecule has 11 heteroatoms. The van der Waals surface area contributed by atoms with Crippen LogP contribution in [0.2, 0.25) is 0 Å². The van der Waals surface area contributed by atoms with Crippen LogP contribution in [0.4, 0.5) is 17.6 Å². The topological polar surface area (TPSA) is 99.2 Å². The number of alkyl halides is 5. The maximum atomic E-state index is 13.9. The first-order valence-electron chi connectivity index (χ1n) is 9.02. The zero-order valence-corrected chi connectivity index (χ0v) is 17.4. The molecule has 2 aromatic rings. The summed E-state index contributed by atoms with van der Waals surface area (Å²) in [6.07, 6.45) is -1.17. The van der Waals surface area contributed by atoms with Gasteiger partial charge in [0.2, 0.25) is 0 Å². The van der Waals surface area contributed by atoms with Gasteiger partial charge in [-0.2, -0.15) is 18.3 Å². The molecule has 0 aliphatic rings. The van der Waals surface area contributed by atoms with Crippen molar-refractivity contribution in [2.75, 3.05) is 6.67 Å². The van der Waals surface area contributed by atoms with Gasteiger partial charge in [-0.1, -0.05) is 36.4 Å². The number of aliphatic hydroxyl groups excluding tert-OH is 1. The van der Waals surface area contributed by atoms with Crippen LogP contribution in [0.1, 0.15) is 29.3 Å². The largest absolute Gasteiger partial charge is 0.506 e. The maximum Gasteiger partial charge on any atom is 0.434 e. The highest BCUT2D eigenvalue weighted by atomic mass is 35.5. The van der Waals surface area contributed by atoms with Gasteiger partial charge in [-0.25, -0.2) is 13.9 Å². The molecular formula is C21H18ClF4N3O3. The number of allylic oxidation sites excluding steroid dienone is 4. The second kappa shape index (κ2) is 10.3. The van der Waals surface area contributed by atoms with Crippen molar-refractivity contribution in [1.29, 1.82) is 5.41 Å². The molecule has 1 aromatic carbocycles. The van der Waals surface area contributed by atoms with Gasteiger partial charge >= 0.3 is 12.1 Å². The van der Waals surface area contributed by atoms with Gasteiger partial charge in [0, 0.05) is 11.4 Å². The summed E-state index contributed by atoms with van der Waals surface area (Å²) in [4.78, 5) is 11.8. The van der Waals surface area contributed by atoms with Crippen LogP contribution in [0, 0.1) is 5.41 Å². The quantitative estimate of drug-likeness (QED) is 0.119. The Morgan fingerprint density at radius 3 is 2.34 bits per heavy atom. The zero-order chi connectivity index (χ0) is 24.1. The van der Waals surface area contributed by atoms with Crippen molar-refractivity contribution in [3.05, 3.63) is 76.6 Å². The Morgan fingerprint density at radius 1 is 1.25 bits per heavy atom. The van der Waals surface area contributed by atoms with E-state index in [4.69, 9.17) is 17.0 Å². The van der Waals surface area contributed by atoms with E-state index >= 15 is 0 Å². The normalized spacial score (nSPS) is 13.4. The van der Waals surface area contributed by atoms with Crippen molar-refractivity contribution >= 4 is 34.7 Å². The molecule has 0 bridgehead atoms. The minimum atomic E-state index is -5.06. The first-order valence-corrected chi connectivity index (χ1v) is 9.55. The highest BCUT2D eigenvalue weighted by Crippen LogP contribution is 2.37. The summed E-state index contributed by atoms with van der Waals surface area (Å²) >= 11 is 5.69. The Bertz CT molecular complexity index is 1100. The fourth-order valence-electron chi connectivity index (χ4n) is 2.81. The summed E-state index contributed by atoms with van der Waals surface area (Å²) in [6, 6.07) is 5.76. The van der Waals surface area contributed by atoms with Crippen molar-refractivity contribution in [2.45, 2.75) is 19.0 Å². The number of aliphatic carboxylic acids is 1. The summed E-state index contributed by atoms with van der Waals surface area (Å²) in [6.45, 7) is 0.471. The lowest BCUT2D eigenvalue weighted by Crippen LogP contribution is -2.19. The molecule has 0 saturated heterocycles. The van der Waals surface area contributed by atoms with Crippen LogP contribution in [-0.2, 0) is 16.9 Å². The standard InChI is InChI=1S/C21H18ClF4N3O3/c1-2-14(4-3-9-23)29-19(21(24,25)26)15(11-28-29)18(30)16(20(31)32)17(27)13-7-5-12(10-22)6-8-13/h2-8,11,27,30H,9-10H2,1H3,(H,31,32)/b4-3-,14-2+,18-16+,27-17?. The van der Waals surface area contributed by atoms with E-state index in [0.717, 1.165) is 12.2 Å². The number of hydrogen-bond acceptors (Lipinski definition) is 4. The van der Waals surface area contributed by atoms with Gasteiger partial charge < -0.3 is 10.2 Å². The SMILES string of the molecule is C/C=C(\C=C/CF)n1ncc(/C(O)=C(/C(=N)c2ccc(CCl)cc2)C(=O)O)c1C(F)(F)F. The Morgan fingerprint density at radius 2 is 1.88 bits per heavy atom. The summed E-state index contributed by atoms with van der Waals surface area (Å²) in [7, 11) is 0. The number of aromatic nitrogens is 2. The fraction of sp³-hybridized carbons (Fsp3) is 0.190. The second-order valence-corrected chi connectivity index (χ2v) is 6.59. The Hall–Kier alpha value is -3.40. The average molecular weight is 472 g/mol. The van der Waals surface area contributed by atoms with Gasteiger partial charge in [-0.3, -0.25) is 5.41 Å². The minimum absolute atomic E-state index is 0.0452. The average Bonchev–Trinajstić information content (AvgIpc) is 3.20. The van der Waals surface area contributed by atoms with E-state index < -0.39 is 47.1 Å². The predicted molar refractivity (Wildman–Crippen MR) is 112 cm³/mol. The van der Waals surface area contributed by atoms with E-state index in [0.29, 0.717) is 16.4 Å². The Labute approximate surface area is 185 Å². The predicted octanol–water partition coefficient (Wildman–Crippen LogP) is 5.45. The second-order valence-electron chi connectivity index (χ2n) is 6.32. The number of nitrogens with one attached hydrogen (secondary N) is 1. The number of carboxylic acids is 1. The number of nitrogens with zero attached hydrogens (tertiary/aromatic N) is 2. The number of halogens is 5. The monoisotopic (exact) mass is 471 g/mol. The molecule has 0 amide bonds. The lowest BCUT2D eigenvalue weighted by Gasteiger charge is -2.14. The Balaban J connectivity index is 2.72. The van der Waals surface area contributed by atoms with Crippen molar-refractivity contribution in [2.24, 2.45) is 0 Å². The molecule has 1 aromatic heterocycles. The van der Waals surface area contributed by atoms with Crippen LogP contribution in [-0.4, -0.2) is 38.3 Å². The zero-order valence-electron chi connectivity index (χ0n) is 16.6. The molecule has 0 radical (unpaired) electrons. The van der Waals surface area contributed by atoms with Gasteiger partial charge in [-0.05, 0) is 18.6 Å². The van der Waals surface area contributed by atoms with E-state index in [2.05, 4.69) is 5.10 Å². The van der Waals surface area contributed by atoms with Gasteiger partial charge in [0.25, 0.3) is 0 Å².